The molecule has 0 aromatic heterocycles. The molecule has 308 valence electrons. The molecule has 0 heterocycles. The van der Waals surface area contributed by atoms with Crippen molar-refractivity contribution in [3.8, 4) is 103 Å². The number of carbonyl (C=O) groups is 3. The average molecular weight is 831 g/mol. The third-order valence-corrected chi connectivity index (χ3v) is 8.35. The SMILES string of the molecule is O=C(c1cc(O)c(O)cc1O)c1cc(OOc2c(O)cc(OOc3cc(O)cc(O)c3C(=O)c3cc(O)c(O)c(O)c3)cc2C(=O)c2cc(O)c(O)cc2O)c(O)cc1O. The summed E-state index contributed by atoms with van der Waals surface area (Å²) in [7, 11) is 0. The van der Waals surface area contributed by atoms with Crippen molar-refractivity contribution in [2.24, 2.45) is 0 Å². The Kier molecular flexibility index (Phi) is 10.3. The van der Waals surface area contributed by atoms with Gasteiger partial charge in [0.25, 0.3) is 0 Å². The molecule has 60 heavy (non-hydrogen) atoms. The van der Waals surface area contributed by atoms with Gasteiger partial charge in [-0.05, 0) is 24.3 Å². The molecule has 0 radical (unpaired) electrons. The first-order valence-corrected chi connectivity index (χ1v) is 16.3. The van der Waals surface area contributed by atoms with Crippen molar-refractivity contribution in [3.63, 3.8) is 0 Å². The van der Waals surface area contributed by atoms with Crippen LogP contribution in [0.25, 0.3) is 0 Å². The van der Waals surface area contributed by atoms with Gasteiger partial charge in [0.1, 0.15) is 34.3 Å². The molecular weight excluding hydrogens is 804 g/mol. The number of ketones is 3. The Labute approximate surface area is 332 Å². The molecule has 6 rings (SSSR count). The first-order chi connectivity index (χ1) is 28.2. The molecule has 0 bridgehead atoms. The summed E-state index contributed by atoms with van der Waals surface area (Å²) >= 11 is 0. The van der Waals surface area contributed by atoms with E-state index in [4.69, 9.17) is 19.6 Å². The number of carbonyl (C=O) groups excluding carboxylic acids is 3. The zero-order valence-corrected chi connectivity index (χ0v) is 29.5. The van der Waals surface area contributed by atoms with E-state index < -0.39 is 154 Å². The summed E-state index contributed by atoms with van der Waals surface area (Å²) < 4.78 is 0. The van der Waals surface area contributed by atoms with Crippen molar-refractivity contribution in [1.82, 2.24) is 0 Å². The van der Waals surface area contributed by atoms with E-state index in [0.717, 1.165) is 24.3 Å². The van der Waals surface area contributed by atoms with E-state index in [1.165, 1.54) is 0 Å². The fourth-order valence-electron chi connectivity index (χ4n) is 5.42. The van der Waals surface area contributed by atoms with E-state index in [9.17, 15) is 85.9 Å². The van der Waals surface area contributed by atoms with Crippen LogP contribution in [0, 0.1) is 0 Å². The number of hydrogen-bond acceptors (Lipinski definition) is 21. The van der Waals surface area contributed by atoms with Crippen molar-refractivity contribution in [3.05, 3.63) is 106 Å². The van der Waals surface area contributed by atoms with Crippen LogP contribution in [0.4, 0.5) is 0 Å². The lowest BCUT2D eigenvalue weighted by Gasteiger charge is -2.16. The van der Waals surface area contributed by atoms with Crippen LogP contribution in [-0.2, 0) is 0 Å². The van der Waals surface area contributed by atoms with Crippen molar-refractivity contribution >= 4 is 17.3 Å². The summed E-state index contributed by atoms with van der Waals surface area (Å²) in [5, 5.41) is 142. The zero-order chi connectivity index (χ0) is 43.9. The molecule has 0 atom stereocenters. The summed E-state index contributed by atoms with van der Waals surface area (Å²) in [6.45, 7) is 0. The van der Waals surface area contributed by atoms with Gasteiger partial charge in [-0.3, -0.25) is 33.9 Å². The van der Waals surface area contributed by atoms with Crippen LogP contribution in [-0.4, -0.2) is 88.8 Å². The minimum atomic E-state index is -1.31. The Morgan fingerprint density at radius 2 is 0.817 bits per heavy atom. The van der Waals surface area contributed by atoms with Gasteiger partial charge in [-0.1, -0.05) is 0 Å². The second-order valence-electron chi connectivity index (χ2n) is 12.4. The van der Waals surface area contributed by atoms with Crippen molar-refractivity contribution in [2.45, 2.75) is 0 Å². The Morgan fingerprint density at radius 1 is 0.333 bits per heavy atom. The van der Waals surface area contributed by atoms with Gasteiger partial charge in [-0.25, -0.2) is 0 Å². The molecule has 21 heteroatoms. The number of hydrogen-bond donors (Lipinski definition) is 14. The van der Waals surface area contributed by atoms with Crippen LogP contribution in [0.15, 0.2) is 72.8 Å². The highest BCUT2D eigenvalue weighted by atomic mass is 17.2. The lowest BCUT2D eigenvalue weighted by Crippen LogP contribution is -2.11. The van der Waals surface area contributed by atoms with Crippen LogP contribution in [0.1, 0.15) is 47.8 Å². The lowest BCUT2D eigenvalue weighted by atomic mass is 10.00. The van der Waals surface area contributed by atoms with Crippen LogP contribution in [0.2, 0.25) is 0 Å². The minimum absolute atomic E-state index is 0.508. The molecular formula is C39H26O21. The highest BCUT2D eigenvalue weighted by Crippen LogP contribution is 2.44. The molecule has 21 nitrogen and oxygen atoms in total. The number of benzene rings is 6. The van der Waals surface area contributed by atoms with E-state index in [1.54, 1.807) is 0 Å². The van der Waals surface area contributed by atoms with E-state index in [1.807, 2.05) is 0 Å². The molecule has 6 aromatic rings. The minimum Gasteiger partial charge on any atom is -0.508 e. The molecule has 0 aliphatic heterocycles. The number of rotatable bonds is 12. The maximum absolute atomic E-state index is 13.9. The van der Waals surface area contributed by atoms with Gasteiger partial charge in [-0.2, -0.15) is 0 Å². The van der Waals surface area contributed by atoms with E-state index in [2.05, 4.69) is 0 Å². The standard InChI is InChI=1S/C39H26O21/c40-14-3-28(49)34(35(53)13-1-29(50)38(56)30(51)2-13)33(4-14)59-57-15-5-19(37(55)17-8-24(45)26(47)11-21(17)42)39(31(52)6-15)60-58-32-9-18(22(43)12-27(32)48)36(54)16-7-23(44)25(46)10-20(16)41/h1-12,40-52,56H. The fourth-order valence-corrected chi connectivity index (χ4v) is 5.42. The van der Waals surface area contributed by atoms with Gasteiger partial charge in [-0.15, -0.1) is 0 Å². The smallest absolute Gasteiger partial charge is 0.231 e. The number of phenolic OH excluding ortho intramolecular Hbond substituents is 14. The summed E-state index contributed by atoms with van der Waals surface area (Å²) in [4.78, 5) is 61.1. The van der Waals surface area contributed by atoms with Gasteiger partial charge < -0.3 is 71.5 Å². The monoisotopic (exact) mass is 830 g/mol. The summed E-state index contributed by atoms with van der Waals surface area (Å²) in [6.07, 6.45) is 0. The van der Waals surface area contributed by atoms with E-state index in [0.29, 0.717) is 48.5 Å². The maximum Gasteiger partial charge on any atom is 0.231 e. The predicted molar refractivity (Wildman–Crippen MR) is 195 cm³/mol. The van der Waals surface area contributed by atoms with Gasteiger partial charge in [0.2, 0.25) is 28.8 Å². The fraction of sp³-hybridized carbons (Fsp3) is 0. The summed E-state index contributed by atoms with van der Waals surface area (Å²) in [5.41, 5.74) is -4.14. The largest absolute Gasteiger partial charge is 0.508 e. The van der Waals surface area contributed by atoms with Gasteiger partial charge >= 0.3 is 0 Å². The topological polar surface area (TPSA) is 371 Å². The maximum atomic E-state index is 13.9. The predicted octanol–water partition coefficient (Wildman–Crippen LogP) is 4.00. The molecule has 0 aliphatic carbocycles. The Hall–Kier alpha value is -9.27. The molecule has 0 spiro atoms. The molecule has 6 aromatic carbocycles. The highest BCUT2D eigenvalue weighted by Gasteiger charge is 2.29. The summed E-state index contributed by atoms with van der Waals surface area (Å²) in [6, 6.07) is 8.13. The van der Waals surface area contributed by atoms with Crippen LogP contribution >= 0.6 is 0 Å². The number of phenols is 14. The van der Waals surface area contributed by atoms with Crippen LogP contribution in [0.5, 0.6) is 103 Å². The molecule has 0 saturated carbocycles. The molecule has 0 saturated heterocycles. The third-order valence-electron chi connectivity index (χ3n) is 8.35. The first kappa shape index (κ1) is 40.4. The van der Waals surface area contributed by atoms with Crippen molar-refractivity contribution in [2.75, 3.05) is 0 Å². The molecule has 0 unspecified atom stereocenters. The quantitative estimate of drug-likeness (QED) is 0.0272. The summed E-state index contributed by atoms with van der Waals surface area (Å²) in [5.74, 6) is -19.2. The Bertz CT molecular complexity index is 2750. The number of aromatic hydroxyl groups is 14. The zero-order valence-electron chi connectivity index (χ0n) is 29.5. The van der Waals surface area contributed by atoms with Crippen molar-refractivity contribution < 1.29 is 105 Å². The Morgan fingerprint density at radius 3 is 1.38 bits per heavy atom. The van der Waals surface area contributed by atoms with E-state index in [-0.39, 0.29) is 0 Å². The van der Waals surface area contributed by atoms with Crippen LogP contribution < -0.4 is 19.6 Å². The normalized spacial score (nSPS) is 10.8. The second-order valence-corrected chi connectivity index (χ2v) is 12.4. The highest BCUT2D eigenvalue weighted by molar-refractivity contribution is 6.14. The lowest BCUT2D eigenvalue weighted by molar-refractivity contribution is -0.106. The molecule has 0 aliphatic rings. The first-order valence-electron chi connectivity index (χ1n) is 16.3. The molecule has 0 fully saturated rings. The van der Waals surface area contributed by atoms with Gasteiger partial charge in [0, 0.05) is 54.1 Å². The van der Waals surface area contributed by atoms with Gasteiger partial charge in [0.05, 0.1) is 22.3 Å². The molecule has 0 amide bonds. The third kappa shape index (κ3) is 7.62. The second kappa shape index (κ2) is 15.3. The van der Waals surface area contributed by atoms with Crippen LogP contribution in [0.3, 0.4) is 0 Å². The Balaban J connectivity index is 1.38. The molecule has 14 N–H and O–H groups in total. The van der Waals surface area contributed by atoms with Crippen molar-refractivity contribution in [1.29, 1.82) is 0 Å². The average Bonchev–Trinajstić information content (AvgIpc) is 3.17. The van der Waals surface area contributed by atoms with E-state index >= 15 is 0 Å². The van der Waals surface area contributed by atoms with Gasteiger partial charge in [0.15, 0.2) is 63.2 Å².